The third kappa shape index (κ3) is 5.00. The number of hydrogen-bond acceptors (Lipinski definition) is 4. The molecule has 4 heteroatoms. The maximum Gasteiger partial charge on any atom is 0.343 e. The van der Waals surface area contributed by atoms with Gasteiger partial charge in [0.25, 0.3) is 0 Å². The summed E-state index contributed by atoms with van der Waals surface area (Å²) in [6.45, 7) is 15.8. The molecule has 0 amide bonds. The van der Waals surface area contributed by atoms with Gasteiger partial charge in [-0.1, -0.05) is 32.0 Å². The zero-order valence-electron chi connectivity index (χ0n) is 20.8. The highest BCUT2D eigenvalue weighted by atomic mass is 16.5. The fourth-order valence-electron chi connectivity index (χ4n) is 4.44. The lowest BCUT2D eigenvalue weighted by Gasteiger charge is -2.17. The summed E-state index contributed by atoms with van der Waals surface area (Å²) in [6, 6.07) is 12.8. The van der Waals surface area contributed by atoms with E-state index in [2.05, 4.69) is 13.8 Å². The van der Waals surface area contributed by atoms with Gasteiger partial charge in [-0.3, -0.25) is 0 Å². The average molecular weight is 445 g/mol. The minimum Gasteiger partial charge on any atom is -0.423 e. The monoisotopic (exact) mass is 444 g/mol. The highest BCUT2D eigenvalue weighted by Crippen LogP contribution is 2.29. The van der Waals surface area contributed by atoms with Crippen molar-refractivity contribution in [2.45, 2.75) is 61.3 Å². The van der Waals surface area contributed by atoms with E-state index in [0.717, 1.165) is 22.3 Å². The van der Waals surface area contributed by atoms with Crippen molar-refractivity contribution in [2.75, 3.05) is 0 Å². The van der Waals surface area contributed by atoms with Crippen molar-refractivity contribution < 1.29 is 19.1 Å². The molecule has 4 nitrogen and oxygen atoms in total. The van der Waals surface area contributed by atoms with Crippen molar-refractivity contribution >= 4 is 11.9 Å². The molecule has 33 heavy (non-hydrogen) atoms. The average Bonchev–Trinajstić information content (AvgIpc) is 2.71. The highest BCUT2D eigenvalue weighted by molar-refractivity contribution is 5.97. The Bertz CT molecular complexity index is 1190. The van der Waals surface area contributed by atoms with Crippen molar-refractivity contribution in [1.82, 2.24) is 0 Å². The van der Waals surface area contributed by atoms with Crippen molar-refractivity contribution in [2.24, 2.45) is 0 Å². The van der Waals surface area contributed by atoms with Gasteiger partial charge >= 0.3 is 11.9 Å². The van der Waals surface area contributed by atoms with Crippen LogP contribution in [-0.4, -0.2) is 11.9 Å². The van der Waals surface area contributed by atoms with Gasteiger partial charge in [-0.05, 0) is 111 Å². The second kappa shape index (κ2) is 9.62. The van der Waals surface area contributed by atoms with Crippen LogP contribution in [0, 0.1) is 41.5 Å². The number of aryl methyl sites for hydroxylation is 4. The van der Waals surface area contributed by atoms with Crippen LogP contribution in [-0.2, 0) is 0 Å². The number of rotatable bonds is 5. The predicted octanol–water partition coefficient (Wildman–Crippen LogP) is 7.10. The van der Waals surface area contributed by atoms with E-state index >= 15 is 0 Å². The largest absolute Gasteiger partial charge is 0.423 e. The van der Waals surface area contributed by atoms with Gasteiger partial charge in [-0.2, -0.15) is 0 Å². The Balaban J connectivity index is 1.85. The molecule has 0 atom stereocenters. The van der Waals surface area contributed by atoms with E-state index < -0.39 is 11.9 Å². The van der Waals surface area contributed by atoms with E-state index in [9.17, 15) is 9.59 Å². The van der Waals surface area contributed by atoms with E-state index in [-0.39, 0.29) is 0 Å². The van der Waals surface area contributed by atoms with Crippen molar-refractivity contribution in [3.05, 3.63) is 92.5 Å². The second-order valence-corrected chi connectivity index (χ2v) is 9.04. The fourth-order valence-corrected chi connectivity index (χ4v) is 4.44. The topological polar surface area (TPSA) is 52.6 Å². The van der Waals surface area contributed by atoms with Crippen LogP contribution in [0.5, 0.6) is 11.5 Å². The number of carbonyl (C=O) groups excluding carboxylic acids is 2. The van der Waals surface area contributed by atoms with Gasteiger partial charge in [0, 0.05) is 0 Å². The maximum absolute atomic E-state index is 13.0. The molecular weight excluding hydrogens is 412 g/mol. The molecule has 0 bridgehead atoms. The Morgan fingerprint density at radius 2 is 1.12 bits per heavy atom. The van der Waals surface area contributed by atoms with Crippen LogP contribution in [0.4, 0.5) is 0 Å². The van der Waals surface area contributed by atoms with Gasteiger partial charge in [-0.15, -0.1) is 0 Å². The van der Waals surface area contributed by atoms with E-state index in [0.29, 0.717) is 39.7 Å². The van der Waals surface area contributed by atoms with Gasteiger partial charge < -0.3 is 9.47 Å². The molecule has 0 saturated heterocycles. The molecule has 0 unspecified atom stereocenters. The van der Waals surface area contributed by atoms with Crippen LogP contribution in [0.3, 0.4) is 0 Å². The van der Waals surface area contributed by atoms with Gasteiger partial charge in [0.2, 0.25) is 0 Å². The van der Waals surface area contributed by atoms with Crippen molar-refractivity contribution in [1.29, 1.82) is 0 Å². The lowest BCUT2D eigenvalue weighted by molar-refractivity contribution is 0.0717. The second-order valence-electron chi connectivity index (χ2n) is 9.04. The smallest absolute Gasteiger partial charge is 0.343 e. The van der Waals surface area contributed by atoms with Gasteiger partial charge in [0.15, 0.2) is 0 Å². The van der Waals surface area contributed by atoms with Gasteiger partial charge in [0.05, 0.1) is 11.1 Å². The fraction of sp³-hybridized carbons (Fsp3) is 0.310. The molecule has 0 fully saturated rings. The summed E-state index contributed by atoms with van der Waals surface area (Å²) < 4.78 is 11.4. The molecule has 0 radical (unpaired) electrons. The van der Waals surface area contributed by atoms with Crippen LogP contribution in [0.1, 0.15) is 79.4 Å². The first-order valence-corrected chi connectivity index (χ1v) is 11.2. The first-order chi connectivity index (χ1) is 15.5. The molecule has 0 aliphatic carbocycles. The summed E-state index contributed by atoms with van der Waals surface area (Å²) in [5.41, 5.74) is 7.52. The lowest BCUT2D eigenvalue weighted by atomic mass is 9.93. The first kappa shape index (κ1) is 24.2. The zero-order valence-corrected chi connectivity index (χ0v) is 20.8. The summed E-state index contributed by atoms with van der Waals surface area (Å²) in [5, 5.41) is 0. The minimum atomic E-state index is -0.443. The number of esters is 2. The van der Waals surface area contributed by atoms with Crippen LogP contribution in [0.25, 0.3) is 0 Å². The molecule has 0 aliphatic heterocycles. The molecule has 0 aromatic heterocycles. The Morgan fingerprint density at radius 3 is 1.58 bits per heavy atom. The molecule has 172 valence electrons. The van der Waals surface area contributed by atoms with Crippen LogP contribution >= 0.6 is 0 Å². The van der Waals surface area contributed by atoms with Crippen LogP contribution in [0.15, 0.2) is 42.5 Å². The van der Waals surface area contributed by atoms with Crippen LogP contribution in [0.2, 0.25) is 0 Å². The maximum atomic E-state index is 13.0. The third-order valence-corrected chi connectivity index (χ3v) is 6.19. The summed E-state index contributed by atoms with van der Waals surface area (Å²) in [5.74, 6) is 0.605. The summed E-state index contributed by atoms with van der Waals surface area (Å²) in [6.07, 6.45) is 0. The normalized spacial score (nSPS) is 10.9. The molecule has 0 spiro atoms. The molecular formula is C29H32O4. The number of hydrogen-bond donors (Lipinski definition) is 0. The van der Waals surface area contributed by atoms with E-state index in [4.69, 9.17) is 9.47 Å². The number of carbonyl (C=O) groups is 2. The predicted molar refractivity (Wildman–Crippen MR) is 132 cm³/mol. The van der Waals surface area contributed by atoms with Crippen LogP contribution < -0.4 is 9.47 Å². The van der Waals surface area contributed by atoms with E-state index in [1.54, 1.807) is 12.1 Å². The third-order valence-electron chi connectivity index (χ3n) is 6.19. The minimum absolute atomic E-state index is 0.399. The summed E-state index contributed by atoms with van der Waals surface area (Å²) in [7, 11) is 0. The Labute approximate surface area is 196 Å². The van der Waals surface area contributed by atoms with Gasteiger partial charge in [0.1, 0.15) is 11.5 Å². The summed E-state index contributed by atoms with van der Waals surface area (Å²) >= 11 is 0. The zero-order chi connectivity index (χ0) is 24.4. The van der Waals surface area contributed by atoms with Gasteiger partial charge in [-0.25, -0.2) is 9.59 Å². The standard InChI is InChI=1S/C29H32O4/c1-16(2)26-19(5)14-23(15-20(26)6)32-28(30)24-12-13-25(22(8)21(24)7)29(31)33-27-17(3)10-9-11-18(27)4/h9-16H,1-8H3. The molecule has 3 aromatic rings. The Kier molecular flexibility index (Phi) is 7.06. The van der Waals surface area contributed by atoms with Crippen molar-refractivity contribution in [3.8, 4) is 11.5 Å². The molecule has 0 N–H and O–H groups in total. The first-order valence-electron chi connectivity index (χ1n) is 11.2. The Morgan fingerprint density at radius 1 is 0.667 bits per heavy atom. The summed E-state index contributed by atoms with van der Waals surface area (Å²) in [4.78, 5) is 25.8. The molecule has 0 aliphatic rings. The molecule has 3 rings (SSSR count). The Hall–Kier alpha value is -3.40. The quantitative estimate of drug-likeness (QED) is 0.311. The SMILES string of the molecule is Cc1cccc(C)c1OC(=O)c1ccc(C(=O)Oc2cc(C)c(C(C)C)c(C)c2)c(C)c1C. The number of para-hydroxylation sites is 1. The lowest BCUT2D eigenvalue weighted by Crippen LogP contribution is -2.16. The highest BCUT2D eigenvalue weighted by Gasteiger charge is 2.21. The van der Waals surface area contributed by atoms with Crippen molar-refractivity contribution in [3.63, 3.8) is 0 Å². The molecule has 0 heterocycles. The number of ether oxygens (including phenoxy) is 2. The number of benzene rings is 3. The molecule has 3 aromatic carbocycles. The molecule has 0 saturated carbocycles. The van der Waals surface area contributed by atoms with E-state index in [1.807, 2.05) is 71.9 Å². The van der Waals surface area contributed by atoms with E-state index in [1.165, 1.54) is 5.56 Å².